The zero-order valence-corrected chi connectivity index (χ0v) is 18.5. The molecule has 32 heavy (non-hydrogen) atoms. The molecule has 2 aromatic carbocycles. The summed E-state index contributed by atoms with van der Waals surface area (Å²) in [6.07, 6.45) is 1.84. The van der Waals surface area contributed by atoms with Gasteiger partial charge in [-0.05, 0) is 23.3 Å². The van der Waals surface area contributed by atoms with Crippen molar-refractivity contribution in [3.05, 3.63) is 71.9 Å². The van der Waals surface area contributed by atoms with Crippen molar-refractivity contribution in [2.75, 3.05) is 45.3 Å². The number of rotatable bonds is 6. The Morgan fingerprint density at radius 1 is 1.22 bits per heavy atom. The predicted molar refractivity (Wildman–Crippen MR) is 125 cm³/mol. The van der Waals surface area contributed by atoms with Crippen molar-refractivity contribution in [2.45, 2.75) is 13.1 Å². The highest BCUT2D eigenvalue weighted by atomic mass is 19.1. The molecule has 1 fully saturated rings. The van der Waals surface area contributed by atoms with Crippen LogP contribution in [0, 0.1) is 5.82 Å². The highest BCUT2D eigenvalue weighted by molar-refractivity contribution is 5.79. The molecule has 0 saturated carbocycles. The van der Waals surface area contributed by atoms with E-state index >= 15 is 0 Å². The van der Waals surface area contributed by atoms with Crippen LogP contribution in [0.4, 0.5) is 10.1 Å². The Kier molecular flexibility index (Phi) is 7.01. The molecule has 0 atom stereocenters. The maximum Gasteiger partial charge on any atom is 0.194 e. The summed E-state index contributed by atoms with van der Waals surface area (Å²) < 4.78 is 20.0. The van der Waals surface area contributed by atoms with Crippen LogP contribution in [0.15, 0.2) is 59.7 Å². The predicted octanol–water partition coefficient (Wildman–Crippen LogP) is 3.26. The van der Waals surface area contributed by atoms with Crippen molar-refractivity contribution >= 4 is 11.6 Å². The van der Waals surface area contributed by atoms with E-state index in [1.165, 1.54) is 0 Å². The smallest absolute Gasteiger partial charge is 0.194 e. The molecule has 2 N–H and O–H groups in total. The molecule has 168 valence electrons. The van der Waals surface area contributed by atoms with E-state index in [0.717, 1.165) is 22.6 Å². The molecule has 1 aliphatic heterocycles. The van der Waals surface area contributed by atoms with E-state index in [1.54, 1.807) is 13.1 Å². The Hall–Kier alpha value is -3.39. The van der Waals surface area contributed by atoms with Gasteiger partial charge in [0.2, 0.25) is 0 Å². The Bertz CT molecular complexity index is 1050. The van der Waals surface area contributed by atoms with Crippen LogP contribution in [-0.4, -0.2) is 61.2 Å². The first-order chi connectivity index (χ1) is 15.6. The fourth-order valence-electron chi connectivity index (χ4n) is 3.79. The number of benzene rings is 2. The van der Waals surface area contributed by atoms with Gasteiger partial charge in [0.1, 0.15) is 11.6 Å². The average Bonchev–Trinajstić information content (AvgIpc) is 3.29. The second-order valence-electron chi connectivity index (χ2n) is 7.75. The molecule has 0 bridgehead atoms. The summed E-state index contributed by atoms with van der Waals surface area (Å²) in [5.41, 5.74) is 3.57. The summed E-state index contributed by atoms with van der Waals surface area (Å²) in [5.74, 6) is 1.34. The number of aliphatic imine (C=N–C) groups is 1. The number of aromatic nitrogens is 2. The van der Waals surface area contributed by atoms with Gasteiger partial charge in [0.05, 0.1) is 37.3 Å². The van der Waals surface area contributed by atoms with Crippen molar-refractivity contribution in [2.24, 2.45) is 4.99 Å². The molecule has 7 nitrogen and oxygen atoms in total. The summed E-state index contributed by atoms with van der Waals surface area (Å²) in [6.45, 7) is 3.73. The lowest BCUT2D eigenvalue weighted by molar-refractivity contribution is 0.122. The molecular formula is C24H29FN6O. The summed E-state index contributed by atoms with van der Waals surface area (Å²) >= 11 is 0. The number of imidazole rings is 1. The maximum atomic E-state index is 14.7. The zero-order valence-electron chi connectivity index (χ0n) is 18.5. The van der Waals surface area contributed by atoms with Crippen molar-refractivity contribution in [1.29, 1.82) is 0 Å². The summed E-state index contributed by atoms with van der Waals surface area (Å²) in [4.78, 5) is 16.2. The maximum absolute atomic E-state index is 14.7. The minimum atomic E-state index is -0.210. The van der Waals surface area contributed by atoms with E-state index in [1.807, 2.05) is 65.5 Å². The molecular weight excluding hydrogens is 407 g/mol. The van der Waals surface area contributed by atoms with Gasteiger partial charge in [0.25, 0.3) is 0 Å². The highest BCUT2D eigenvalue weighted by Crippen LogP contribution is 2.22. The fourth-order valence-corrected chi connectivity index (χ4v) is 3.79. The van der Waals surface area contributed by atoms with Crippen LogP contribution in [-0.2, 0) is 17.8 Å². The summed E-state index contributed by atoms with van der Waals surface area (Å²) in [7, 11) is 3.68. The van der Waals surface area contributed by atoms with E-state index in [-0.39, 0.29) is 5.82 Å². The topological polar surface area (TPSA) is 68.8 Å². The molecule has 2 heterocycles. The molecule has 0 radical (unpaired) electrons. The molecule has 4 rings (SSSR count). The van der Waals surface area contributed by atoms with Gasteiger partial charge in [-0.25, -0.2) is 9.37 Å². The number of aromatic amines is 1. The van der Waals surface area contributed by atoms with Crippen molar-refractivity contribution in [3.63, 3.8) is 0 Å². The van der Waals surface area contributed by atoms with Crippen molar-refractivity contribution in [1.82, 2.24) is 20.2 Å². The lowest BCUT2D eigenvalue weighted by Gasteiger charge is -2.29. The van der Waals surface area contributed by atoms with Crippen LogP contribution < -0.4 is 10.2 Å². The number of guanidine groups is 1. The Morgan fingerprint density at radius 3 is 2.72 bits per heavy atom. The first-order valence-electron chi connectivity index (χ1n) is 10.8. The summed E-state index contributed by atoms with van der Waals surface area (Å²) in [6, 6.07) is 15.5. The molecule has 0 spiro atoms. The number of anilines is 1. The third-order valence-electron chi connectivity index (χ3n) is 5.49. The molecule has 0 aliphatic carbocycles. The summed E-state index contributed by atoms with van der Waals surface area (Å²) in [5, 5.41) is 3.30. The Morgan fingerprint density at radius 2 is 2.00 bits per heavy atom. The molecule has 0 amide bonds. The van der Waals surface area contributed by atoms with Gasteiger partial charge >= 0.3 is 0 Å². The van der Waals surface area contributed by atoms with Gasteiger partial charge in [-0.15, -0.1) is 0 Å². The molecule has 0 unspecified atom stereocenters. The van der Waals surface area contributed by atoms with E-state index < -0.39 is 0 Å². The second kappa shape index (κ2) is 10.3. The first-order valence-corrected chi connectivity index (χ1v) is 10.8. The minimum absolute atomic E-state index is 0.210. The largest absolute Gasteiger partial charge is 0.378 e. The number of hydrogen-bond acceptors (Lipinski definition) is 4. The van der Waals surface area contributed by atoms with Crippen LogP contribution in [0.5, 0.6) is 0 Å². The van der Waals surface area contributed by atoms with E-state index in [9.17, 15) is 4.39 Å². The Labute approximate surface area is 187 Å². The first kappa shape index (κ1) is 21.8. The Balaban J connectivity index is 1.34. The third kappa shape index (κ3) is 5.26. The average molecular weight is 437 g/mol. The lowest BCUT2D eigenvalue weighted by atomic mass is 10.1. The normalized spacial score (nSPS) is 14.5. The minimum Gasteiger partial charge on any atom is -0.378 e. The quantitative estimate of drug-likeness (QED) is 0.459. The molecule has 1 aromatic heterocycles. The van der Waals surface area contributed by atoms with Crippen molar-refractivity contribution in [3.8, 4) is 11.3 Å². The molecule has 1 aliphatic rings. The van der Waals surface area contributed by atoms with Gasteiger partial charge < -0.3 is 24.8 Å². The van der Waals surface area contributed by atoms with Crippen LogP contribution in [0.25, 0.3) is 11.3 Å². The number of hydrogen-bond donors (Lipinski definition) is 2. The zero-order chi connectivity index (χ0) is 22.3. The number of H-pyrrole nitrogens is 1. The standard InChI is InChI=1S/C24H29FN6O/c1-26-24(30(2)17-23-27-16-21(29-23)19-6-4-3-5-7-19)28-15-18-8-9-22(20(25)14-18)31-10-12-32-13-11-31/h3-9,14,16H,10-13,15,17H2,1-2H3,(H,26,28)(H,27,29). The number of nitrogens with zero attached hydrogens (tertiary/aromatic N) is 4. The van der Waals surface area contributed by atoms with Crippen LogP contribution >= 0.6 is 0 Å². The number of ether oxygens (including phenoxy) is 1. The number of morpholine rings is 1. The van der Waals surface area contributed by atoms with E-state index in [4.69, 9.17) is 4.74 Å². The highest BCUT2D eigenvalue weighted by Gasteiger charge is 2.16. The van der Waals surface area contributed by atoms with Gasteiger partial charge in [-0.3, -0.25) is 4.99 Å². The van der Waals surface area contributed by atoms with Crippen LogP contribution in [0.3, 0.4) is 0 Å². The number of nitrogens with one attached hydrogen (secondary N) is 2. The molecule has 1 saturated heterocycles. The van der Waals surface area contributed by atoms with E-state index in [2.05, 4.69) is 20.3 Å². The van der Waals surface area contributed by atoms with Gasteiger partial charge in [0, 0.05) is 33.7 Å². The van der Waals surface area contributed by atoms with Crippen LogP contribution in [0.2, 0.25) is 0 Å². The van der Waals surface area contributed by atoms with Crippen molar-refractivity contribution < 1.29 is 9.13 Å². The fraction of sp³-hybridized carbons (Fsp3) is 0.333. The number of halogens is 1. The van der Waals surface area contributed by atoms with Crippen LogP contribution in [0.1, 0.15) is 11.4 Å². The second-order valence-corrected chi connectivity index (χ2v) is 7.75. The monoisotopic (exact) mass is 436 g/mol. The van der Waals surface area contributed by atoms with Gasteiger partial charge in [-0.1, -0.05) is 36.4 Å². The molecule has 8 heteroatoms. The lowest BCUT2D eigenvalue weighted by Crippen LogP contribution is -2.38. The van der Waals surface area contributed by atoms with Gasteiger partial charge in [0.15, 0.2) is 5.96 Å². The SMILES string of the molecule is CN=C(NCc1ccc(N2CCOCC2)c(F)c1)N(C)Cc1ncc(-c2ccccc2)[nH]1. The van der Waals surface area contributed by atoms with Gasteiger partial charge in [-0.2, -0.15) is 0 Å². The third-order valence-corrected chi connectivity index (χ3v) is 5.49. The molecule has 3 aromatic rings. The van der Waals surface area contributed by atoms with E-state index in [0.29, 0.717) is 51.0 Å².